The molecule has 646 valence electrons. The van der Waals surface area contributed by atoms with Gasteiger partial charge in [0.2, 0.25) is 5.79 Å². The number of fused-ring (bicyclic) bond motifs is 7. The topological polar surface area (TPSA) is 40.7 Å². The van der Waals surface area contributed by atoms with Crippen LogP contribution in [-0.4, -0.2) is 5.79 Å². The Balaban J connectivity index is 0.000000109. The number of anilines is 12. The van der Waals surface area contributed by atoms with Crippen molar-refractivity contribution >= 4 is 68.2 Å². The van der Waals surface area contributed by atoms with Crippen LogP contribution in [0.2, 0.25) is 0 Å². The summed E-state index contributed by atoms with van der Waals surface area (Å²) >= 11 is 0. The Morgan fingerprint density at radius 2 is 0.515 bits per heavy atom. The molecular formula is C123H116N4O3. The Kier molecular flexibility index (Phi) is 23.2. The molecule has 16 aromatic carbocycles. The SMILES string of the molecule is Cc1cc(-c2ccc3c(c2)C(C)(C)CC3(C)C)ccc1N(c1ccccc1)c1ccccc1.Cc1cc(-c2ccc3c(c2)C2CC4CC(CC3C4)C2)ccc1N(c1ccccc1)c1ccccc1.Cc1cc(-c2ccc3c(c2)C2CCC3O2)ccc1N(c1ccccc1)c1ccccc1.Cc1cc(-c2ccc3c(c2)OC(C)(C)O3)ccc1N(c1ccccc1)c1ccccc1. The fourth-order valence-corrected chi connectivity index (χ4v) is 22.5. The molecule has 3 aliphatic heterocycles. The molecule has 2 saturated carbocycles. The predicted octanol–water partition coefficient (Wildman–Crippen LogP) is 34.3. The first-order valence-electron chi connectivity index (χ1n) is 46.9. The number of aryl methyl sites for hydroxylation is 4. The number of hydrogen-bond donors (Lipinski definition) is 0. The number of rotatable bonds is 16. The van der Waals surface area contributed by atoms with Crippen LogP contribution in [0.15, 0.2) is 388 Å². The molecule has 7 heteroatoms. The first kappa shape index (κ1) is 84.4. The lowest BCUT2D eigenvalue weighted by atomic mass is 9.67. The second kappa shape index (κ2) is 35.7. The average Bonchev–Trinajstić information content (AvgIpc) is 1.58. The molecule has 0 radical (unpaired) electrons. The predicted molar refractivity (Wildman–Crippen MR) is 543 cm³/mol. The minimum absolute atomic E-state index is 0.210. The van der Waals surface area contributed by atoms with Crippen molar-refractivity contribution in [2.24, 2.45) is 11.8 Å². The van der Waals surface area contributed by atoms with Crippen LogP contribution < -0.4 is 29.1 Å². The van der Waals surface area contributed by atoms with Crippen LogP contribution >= 0.6 is 0 Å². The summed E-state index contributed by atoms with van der Waals surface area (Å²) in [5.41, 5.74) is 38.8. The summed E-state index contributed by atoms with van der Waals surface area (Å²) < 4.78 is 17.9. The molecule has 24 rings (SSSR count). The quantitative estimate of drug-likeness (QED) is 0.0955. The van der Waals surface area contributed by atoms with E-state index in [4.69, 9.17) is 14.2 Å². The highest BCUT2D eigenvalue weighted by Gasteiger charge is 2.44. The van der Waals surface area contributed by atoms with Crippen molar-refractivity contribution in [2.75, 3.05) is 19.6 Å². The molecular weight excluding hydrogens is 1580 g/mol. The molecule has 0 amide bonds. The molecule has 3 heterocycles. The van der Waals surface area contributed by atoms with Crippen molar-refractivity contribution in [3.8, 4) is 56.0 Å². The van der Waals surface area contributed by atoms with E-state index in [1.54, 1.807) is 11.1 Å². The van der Waals surface area contributed by atoms with Gasteiger partial charge in [-0.2, -0.15) is 0 Å². The Bertz CT molecular complexity index is 6550. The highest BCUT2D eigenvalue weighted by Crippen LogP contribution is 2.58. The van der Waals surface area contributed by atoms with Gasteiger partial charge >= 0.3 is 0 Å². The van der Waals surface area contributed by atoms with Crippen molar-refractivity contribution in [1.29, 1.82) is 0 Å². The lowest BCUT2D eigenvalue weighted by molar-refractivity contribution is -0.0431. The van der Waals surface area contributed by atoms with E-state index in [0.29, 0.717) is 12.2 Å². The molecule has 5 aliphatic carbocycles. The Morgan fingerprint density at radius 1 is 0.238 bits per heavy atom. The zero-order valence-corrected chi connectivity index (χ0v) is 76.6. The normalized spacial score (nSPS) is 18.3. The zero-order chi connectivity index (χ0) is 88.8. The van der Waals surface area contributed by atoms with E-state index >= 15 is 0 Å². The van der Waals surface area contributed by atoms with Gasteiger partial charge in [-0.25, -0.2) is 0 Å². The number of nitrogens with zero attached hydrogens (tertiary/aromatic N) is 4. The Hall–Kier alpha value is -13.7. The maximum absolute atomic E-state index is 6.10. The molecule has 4 unspecified atom stereocenters. The lowest BCUT2D eigenvalue weighted by Gasteiger charge is -2.38. The highest BCUT2D eigenvalue weighted by atomic mass is 16.7. The van der Waals surface area contributed by atoms with Gasteiger partial charge in [0.1, 0.15) is 0 Å². The molecule has 16 aromatic rings. The summed E-state index contributed by atoms with van der Waals surface area (Å²) in [7, 11) is 0. The first-order valence-corrected chi connectivity index (χ1v) is 46.9. The van der Waals surface area contributed by atoms with Gasteiger partial charge in [0.15, 0.2) is 11.5 Å². The van der Waals surface area contributed by atoms with Gasteiger partial charge in [-0.15, -0.1) is 0 Å². The lowest BCUT2D eigenvalue weighted by Crippen LogP contribution is -2.29. The first-order chi connectivity index (χ1) is 63.3. The Labute approximate surface area is 769 Å². The van der Waals surface area contributed by atoms with Crippen LogP contribution in [-0.2, 0) is 15.6 Å². The molecule has 7 nitrogen and oxygen atoms in total. The molecule has 0 aromatic heterocycles. The molecule has 0 N–H and O–H groups in total. The smallest absolute Gasteiger partial charge is 0.246 e. The summed E-state index contributed by atoms with van der Waals surface area (Å²) in [6.07, 6.45) is 11.3. The minimum atomic E-state index is -0.618. The average molecular weight is 1700 g/mol. The van der Waals surface area contributed by atoms with E-state index in [1.165, 1.54) is 163 Å². The van der Waals surface area contributed by atoms with Crippen molar-refractivity contribution in [3.05, 3.63) is 444 Å². The van der Waals surface area contributed by atoms with Crippen molar-refractivity contribution in [2.45, 2.75) is 161 Å². The summed E-state index contributed by atoms with van der Waals surface area (Å²) in [5.74, 6) is 4.50. The fraction of sp³-hybridized carbons (Fsp3) is 0.220. The van der Waals surface area contributed by atoms with Crippen LogP contribution in [0.4, 0.5) is 68.2 Å². The van der Waals surface area contributed by atoms with Gasteiger partial charge in [-0.3, -0.25) is 0 Å². The number of ether oxygens (including phenoxy) is 3. The molecule has 0 spiro atoms. The molecule has 6 bridgehead atoms. The van der Waals surface area contributed by atoms with Crippen LogP contribution in [0, 0.1) is 39.5 Å². The highest BCUT2D eigenvalue weighted by molar-refractivity contribution is 5.86. The maximum Gasteiger partial charge on any atom is 0.246 e. The van der Waals surface area contributed by atoms with Gasteiger partial charge in [0.25, 0.3) is 0 Å². The van der Waals surface area contributed by atoms with E-state index in [9.17, 15) is 0 Å². The maximum atomic E-state index is 6.10. The van der Waals surface area contributed by atoms with E-state index in [2.05, 4.69) is 445 Å². The van der Waals surface area contributed by atoms with Gasteiger partial charge in [0, 0.05) is 82.1 Å². The van der Waals surface area contributed by atoms with Crippen molar-refractivity contribution < 1.29 is 14.2 Å². The van der Waals surface area contributed by atoms with E-state index < -0.39 is 5.79 Å². The fourth-order valence-electron chi connectivity index (χ4n) is 22.5. The molecule has 1 saturated heterocycles. The molecule has 4 atom stereocenters. The van der Waals surface area contributed by atoms with Crippen molar-refractivity contribution in [1.82, 2.24) is 0 Å². The summed E-state index contributed by atoms with van der Waals surface area (Å²) in [4.78, 5) is 9.33. The van der Waals surface area contributed by atoms with Crippen LogP contribution in [0.1, 0.15) is 173 Å². The summed E-state index contributed by atoms with van der Waals surface area (Å²) in [5, 5.41) is 0. The number of hydrogen-bond acceptors (Lipinski definition) is 7. The van der Waals surface area contributed by atoms with E-state index in [1.807, 2.05) is 32.0 Å². The van der Waals surface area contributed by atoms with Gasteiger partial charge in [0.05, 0.1) is 12.2 Å². The van der Waals surface area contributed by atoms with Crippen LogP contribution in [0.3, 0.4) is 0 Å². The van der Waals surface area contributed by atoms with Gasteiger partial charge < -0.3 is 33.8 Å². The number of benzene rings is 16. The van der Waals surface area contributed by atoms with Crippen LogP contribution in [0.25, 0.3) is 44.5 Å². The Morgan fingerprint density at radius 3 is 0.877 bits per heavy atom. The minimum Gasteiger partial charge on any atom is -0.449 e. The van der Waals surface area contributed by atoms with E-state index in [-0.39, 0.29) is 10.8 Å². The van der Waals surface area contributed by atoms with Crippen LogP contribution in [0.5, 0.6) is 11.5 Å². The van der Waals surface area contributed by atoms with Gasteiger partial charge in [-0.05, 0) is 377 Å². The van der Waals surface area contributed by atoms with Gasteiger partial charge in [-0.1, -0.05) is 252 Å². The second-order valence-electron chi connectivity index (χ2n) is 38.7. The van der Waals surface area contributed by atoms with Crippen molar-refractivity contribution in [3.63, 3.8) is 0 Å². The monoisotopic (exact) mass is 1700 g/mol. The third-order valence-electron chi connectivity index (χ3n) is 28.1. The third-order valence-corrected chi connectivity index (χ3v) is 28.1. The molecule has 8 aliphatic rings. The summed E-state index contributed by atoms with van der Waals surface area (Å²) in [6.45, 7) is 22.2. The molecule has 130 heavy (non-hydrogen) atoms. The molecule has 3 fully saturated rings. The zero-order valence-electron chi connectivity index (χ0n) is 76.6. The third kappa shape index (κ3) is 17.3. The standard InChI is InChI=1S/C34H33N.C32H33N.C29H25NO.C28H25NO2/c1-23-16-26(13-15-34(23)35(30-8-4-2-5-9-30)31-10-6-3-7-11-31)27-12-14-32-28-18-24-17-25(19-28)21-29(20-24)33(32)22-27;1-23-20-24(25-16-18-28-29(21-25)32(4,5)22-31(28,2)3)17-19-30(23)33(26-12-8-6-9-13-26)27-14-10-7-11-15-27;1-20-18-21(22-12-14-25-26(19-22)29-17-16-28(25)31-29)13-15-27(20)30(23-8-4-2-5-9-23)24-10-6-3-7-11-24;1-20-18-21(22-15-17-26-27(19-22)31-28(2,3)30-26)14-16-25(20)29(23-10-6-4-7-11-23)24-12-8-5-9-13-24/h2-16,22,24-25,28-29H,17-21H2,1H3;6-21H,22H2,1-5H3;2-15,18-19,28-29H,16-17H2,1H3;4-19H,1-3H3. The largest absolute Gasteiger partial charge is 0.449 e. The van der Waals surface area contributed by atoms with E-state index in [0.717, 1.165) is 81.2 Å². The summed E-state index contributed by atoms with van der Waals surface area (Å²) in [6, 6.07) is 140. The number of para-hydroxylation sites is 8. The second-order valence-corrected chi connectivity index (χ2v) is 38.7.